The van der Waals surface area contributed by atoms with E-state index < -0.39 is 0 Å². The maximum atomic E-state index is 10.7. The molecule has 0 unspecified atom stereocenters. The van der Waals surface area contributed by atoms with Gasteiger partial charge < -0.3 is 10.5 Å². The van der Waals surface area contributed by atoms with Crippen LogP contribution in [0.3, 0.4) is 0 Å². The second kappa shape index (κ2) is 4.99. The second-order valence-electron chi connectivity index (χ2n) is 1.61. The molecule has 4 heteroatoms. The van der Waals surface area contributed by atoms with E-state index in [1.165, 1.54) is 7.11 Å². The first-order chi connectivity index (χ1) is 4.26. The number of nitrogens with two attached hydrogens (primary N) is 1. The Morgan fingerprint density at radius 2 is 2.44 bits per heavy atom. The van der Waals surface area contributed by atoms with Crippen LogP contribution in [0.5, 0.6) is 0 Å². The zero-order valence-electron chi connectivity index (χ0n) is 5.26. The van der Waals surface area contributed by atoms with Crippen LogP contribution in [0.1, 0.15) is 0 Å². The molecule has 0 amide bonds. The summed E-state index contributed by atoms with van der Waals surface area (Å²) in [7, 11) is 1.37. The van der Waals surface area contributed by atoms with E-state index in [1.807, 2.05) is 0 Å². The first-order valence-electron chi connectivity index (χ1n) is 2.60. The molecule has 0 aromatic rings. The normalized spacial score (nSPS) is 12.8. The van der Waals surface area contributed by atoms with Gasteiger partial charge in [0, 0.05) is 11.0 Å². The lowest BCUT2D eigenvalue weighted by Gasteiger charge is -2.06. The second-order valence-corrected chi connectivity index (χ2v) is 2.49. The first-order valence-corrected chi connectivity index (χ1v) is 4.12. The van der Waals surface area contributed by atoms with Crippen molar-refractivity contribution in [3.8, 4) is 0 Å². The van der Waals surface area contributed by atoms with E-state index >= 15 is 0 Å². The highest BCUT2D eigenvalue weighted by molar-refractivity contribution is 14.1. The Bertz CT molecular complexity index is 93.0. The Balaban J connectivity index is 3.64. The lowest BCUT2D eigenvalue weighted by molar-refractivity contribution is -0.144. The summed E-state index contributed by atoms with van der Waals surface area (Å²) in [6.45, 7) is 0.371. The average molecular weight is 243 g/mol. The van der Waals surface area contributed by atoms with Gasteiger partial charge in [0.05, 0.1) is 13.0 Å². The SMILES string of the molecule is COC(=O)[C@H](CN)CI. The minimum atomic E-state index is -0.216. The maximum Gasteiger partial charge on any atom is 0.310 e. The first kappa shape index (κ1) is 9.16. The summed E-state index contributed by atoms with van der Waals surface area (Å²) >= 11 is 2.11. The Morgan fingerprint density at radius 3 is 2.56 bits per heavy atom. The van der Waals surface area contributed by atoms with E-state index in [1.54, 1.807) is 0 Å². The van der Waals surface area contributed by atoms with Crippen LogP contribution in [-0.2, 0) is 9.53 Å². The molecule has 0 fully saturated rings. The van der Waals surface area contributed by atoms with Crippen molar-refractivity contribution in [2.24, 2.45) is 11.7 Å². The van der Waals surface area contributed by atoms with Crippen LogP contribution in [0, 0.1) is 5.92 Å². The zero-order chi connectivity index (χ0) is 7.28. The summed E-state index contributed by atoms with van der Waals surface area (Å²) < 4.78 is 5.19. The molecule has 3 nitrogen and oxygen atoms in total. The number of esters is 1. The average Bonchev–Trinajstić information content (AvgIpc) is 1.90. The van der Waals surface area contributed by atoms with E-state index in [9.17, 15) is 4.79 Å². The third kappa shape index (κ3) is 3.00. The maximum absolute atomic E-state index is 10.7. The number of carbonyl (C=O) groups excluding carboxylic acids is 1. The van der Waals surface area contributed by atoms with E-state index in [-0.39, 0.29) is 11.9 Å². The van der Waals surface area contributed by atoms with E-state index in [4.69, 9.17) is 5.73 Å². The number of hydrogen-bond donors (Lipinski definition) is 1. The van der Waals surface area contributed by atoms with E-state index in [2.05, 4.69) is 27.3 Å². The molecule has 0 aliphatic rings. The number of carbonyl (C=O) groups is 1. The van der Waals surface area contributed by atoms with Crippen molar-refractivity contribution in [2.45, 2.75) is 0 Å². The van der Waals surface area contributed by atoms with Crippen molar-refractivity contribution in [1.29, 1.82) is 0 Å². The van der Waals surface area contributed by atoms with E-state index in [0.717, 1.165) is 4.43 Å². The number of rotatable bonds is 3. The van der Waals surface area contributed by atoms with Crippen molar-refractivity contribution in [2.75, 3.05) is 18.1 Å². The van der Waals surface area contributed by atoms with Crippen LogP contribution in [0.2, 0.25) is 0 Å². The number of ether oxygens (including phenoxy) is 1. The van der Waals surface area contributed by atoms with Gasteiger partial charge >= 0.3 is 5.97 Å². The Hall–Kier alpha value is 0.160. The van der Waals surface area contributed by atoms with Gasteiger partial charge in [-0.2, -0.15) is 0 Å². The summed E-state index contributed by atoms with van der Waals surface area (Å²) in [4.78, 5) is 10.7. The highest BCUT2D eigenvalue weighted by Gasteiger charge is 2.14. The van der Waals surface area contributed by atoms with Crippen molar-refractivity contribution < 1.29 is 9.53 Å². The molecule has 0 rings (SSSR count). The molecule has 0 aliphatic carbocycles. The van der Waals surface area contributed by atoms with Gasteiger partial charge in [-0.25, -0.2) is 0 Å². The number of alkyl halides is 1. The van der Waals surface area contributed by atoms with Gasteiger partial charge in [-0.3, -0.25) is 4.79 Å². The van der Waals surface area contributed by atoms with Crippen LogP contribution in [0.15, 0.2) is 0 Å². The largest absolute Gasteiger partial charge is 0.469 e. The highest BCUT2D eigenvalue weighted by atomic mass is 127. The fraction of sp³-hybridized carbons (Fsp3) is 0.800. The molecule has 0 aromatic heterocycles. The highest BCUT2D eigenvalue weighted by Crippen LogP contribution is 2.00. The van der Waals surface area contributed by atoms with E-state index in [0.29, 0.717) is 6.54 Å². The third-order valence-corrected chi connectivity index (χ3v) is 2.07. The van der Waals surface area contributed by atoms with Gasteiger partial charge in [-0.1, -0.05) is 22.6 Å². The molecule has 2 N–H and O–H groups in total. The Kier molecular flexibility index (Phi) is 5.07. The molecular formula is C5H10INO2. The van der Waals surface area contributed by atoms with Crippen LogP contribution in [0.25, 0.3) is 0 Å². The number of methoxy groups -OCH3 is 1. The number of hydrogen-bond acceptors (Lipinski definition) is 3. The Labute approximate surface area is 68.1 Å². The number of halogens is 1. The molecule has 0 radical (unpaired) electrons. The molecular weight excluding hydrogens is 233 g/mol. The van der Waals surface area contributed by atoms with Gasteiger partial charge in [0.15, 0.2) is 0 Å². The monoisotopic (exact) mass is 243 g/mol. The van der Waals surface area contributed by atoms with Crippen molar-refractivity contribution in [3.05, 3.63) is 0 Å². The third-order valence-electron chi connectivity index (χ3n) is 1.01. The molecule has 0 saturated heterocycles. The summed E-state index contributed by atoms with van der Waals surface area (Å²) in [5.74, 6) is -0.345. The summed E-state index contributed by atoms with van der Waals surface area (Å²) in [5, 5.41) is 0. The van der Waals surface area contributed by atoms with Crippen LogP contribution < -0.4 is 5.73 Å². The smallest absolute Gasteiger partial charge is 0.310 e. The minimum Gasteiger partial charge on any atom is -0.469 e. The molecule has 0 saturated carbocycles. The van der Waals surface area contributed by atoms with Crippen molar-refractivity contribution >= 4 is 28.6 Å². The van der Waals surface area contributed by atoms with Crippen molar-refractivity contribution in [1.82, 2.24) is 0 Å². The lowest BCUT2D eigenvalue weighted by Crippen LogP contribution is -2.25. The molecule has 0 heterocycles. The summed E-state index contributed by atoms with van der Waals surface area (Å²) in [6.07, 6.45) is 0. The molecule has 1 atom stereocenters. The summed E-state index contributed by atoms with van der Waals surface area (Å²) in [5.41, 5.74) is 5.25. The van der Waals surface area contributed by atoms with Crippen molar-refractivity contribution in [3.63, 3.8) is 0 Å². The topological polar surface area (TPSA) is 52.3 Å². The minimum absolute atomic E-state index is 0.129. The quantitative estimate of drug-likeness (QED) is 0.436. The lowest BCUT2D eigenvalue weighted by atomic mass is 10.2. The van der Waals surface area contributed by atoms with Gasteiger partial charge in [-0.15, -0.1) is 0 Å². The predicted molar refractivity (Wildman–Crippen MR) is 43.4 cm³/mol. The van der Waals surface area contributed by atoms with Crippen LogP contribution in [0.4, 0.5) is 0 Å². The van der Waals surface area contributed by atoms with Crippen LogP contribution >= 0.6 is 22.6 Å². The molecule has 54 valence electrons. The molecule has 0 spiro atoms. The summed E-state index contributed by atoms with van der Waals surface area (Å²) in [6, 6.07) is 0. The molecule has 0 aromatic carbocycles. The Morgan fingerprint density at radius 1 is 1.89 bits per heavy atom. The predicted octanol–water partition coefficient (Wildman–Crippen LogP) is 0.169. The van der Waals surface area contributed by atoms with Gasteiger partial charge in [0.2, 0.25) is 0 Å². The molecule has 0 bridgehead atoms. The van der Waals surface area contributed by atoms with Gasteiger partial charge in [0.1, 0.15) is 0 Å². The fourth-order valence-corrected chi connectivity index (χ4v) is 1.11. The fourth-order valence-electron chi connectivity index (χ4n) is 0.389. The standard InChI is InChI=1S/C5H10INO2/c1-9-5(8)4(2-6)3-7/h4H,2-3,7H2,1H3/t4-/m0/s1. The molecule has 9 heavy (non-hydrogen) atoms. The van der Waals surface area contributed by atoms with Gasteiger partial charge in [-0.05, 0) is 0 Å². The van der Waals surface area contributed by atoms with Crippen LogP contribution in [-0.4, -0.2) is 24.1 Å². The van der Waals surface area contributed by atoms with Gasteiger partial charge in [0.25, 0.3) is 0 Å². The zero-order valence-corrected chi connectivity index (χ0v) is 7.42. The molecule has 0 aliphatic heterocycles.